The van der Waals surface area contributed by atoms with Crippen LogP contribution in [0.4, 0.5) is 11.4 Å². The van der Waals surface area contributed by atoms with Gasteiger partial charge in [0.1, 0.15) is 24.7 Å². The predicted molar refractivity (Wildman–Crippen MR) is 106 cm³/mol. The van der Waals surface area contributed by atoms with Gasteiger partial charge in [-0.2, -0.15) is 0 Å². The van der Waals surface area contributed by atoms with Gasteiger partial charge in [-0.05, 0) is 36.8 Å². The van der Waals surface area contributed by atoms with Crippen LogP contribution in [-0.4, -0.2) is 25.7 Å². The molecule has 2 rings (SSSR count). The maximum absolute atomic E-state index is 12.2. The number of benzene rings is 2. The van der Waals surface area contributed by atoms with E-state index in [-0.39, 0.29) is 12.5 Å². The van der Waals surface area contributed by atoms with Crippen molar-refractivity contribution in [1.82, 2.24) is 0 Å². The van der Waals surface area contributed by atoms with E-state index in [0.717, 1.165) is 11.3 Å². The van der Waals surface area contributed by atoms with Crippen LogP contribution >= 0.6 is 0 Å². The van der Waals surface area contributed by atoms with E-state index in [9.17, 15) is 4.79 Å². The second-order valence-electron chi connectivity index (χ2n) is 5.77. The van der Waals surface area contributed by atoms with E-state index >= 15 is 0 Å². The van der Waals surface area contributed by atoms with Crippen molar-refractivity contribution in [3.8, 4) is 11.5 Å². The Labute approximate surface area is 154 Å². The molecule has 0 unspecified atom stereocenters. The number of hydrogen-bond donors (Lipinski definition) is 2. The average Bonchev–Trinajstić information content (AvgIpc) is 2.64. The second kappa shape index (κ2) is 9.93. The molecule has 2 N–H and O–H groups in total. The minimum atomic E-state index is -0.172. The van der Waals surface area contributed by atoms with Gasteiger partial charge in [0.2, 0.25) is 5.91 Å². The van der Waals surface area contributed by atoms with Crippen LogP contribution in [0.5, 0.6) is 11.5 Å². The molecular formula is C21H24N2O3. The molecule has 5 nitrogen and oxygen atoms in total. The quantitative estimate of drug-likeness (QED) is 0.627. The normalized spacial score (nSPS) is 9.88. The number of rotatable bonds is 10. The summed E-state index contributed by atoms with van der Waals surface area (Å²) in [6.45, 7) is 10.3. The molecule has 0 aliphatic carbocycles. The van der Waals surface area contributed by atoms with Crippen molar-refractivity contribution in [3.05, 3.63) is 73.3 Å². The molecule has 0 aliphatic heterocycles. The summed E-state index contributed by atoms with van der Waals surface area (Å²) in [5.41, 5.74) is 2.34. The highest BCUT2D eigenvalue weighted by atomic mass is 16.5. The molecule has 0 aromatic heterocycles. The van der Waals surface area contributed by atoms with Crippen LogP contribution in [0.2, 0.25) is 0 Å². The molecule has 0 fully saturated rings. The summed E-state index contributed by atoms with van der Waals surface area (Å²) in [7, 11) is 0. The molecule has 5 heteroatoms. The first-order chi connectivity index (χ1) is 12.6. The predicted octanol–water partition coefficient (Wildman–Crippen LogP) is 4.26. The number of para-hydroxylation sites is 2. The highest BCUT2D eigenvalue weighted by molar-refractivity contribution is 5.95. The van der Waals surface area contributed by atoms with Gasteiger partial charge in [-0.15, -0.1) is 0 Å². The van der Waals surface area contributed by atoms with Crippen LogP contribution in [0.3, 0.4) is 0 Å². The first-order valence-electron chi connectivity index (χ1n) is 8.32. The van der Waals surface area contributed by atoms with E-state index < -0.39 is 0 Å². The third-order valence-electron chi connectivity index (χ3n) is 3.29. The van der Waals surface area contributed by atoms with Crippen LogP contribution in [0.1, 0.15) is 6.92 Å². The van der Waals surface area contributed by atoms with Crippen LogP contribution in [-0.2, 0) is 4.79 Å². The number of carbonyl (C=O) groups excluding carboxylic acids is 1. The zero-order chi connectivity index (χ0) is 18.8. The molecule has 0 spiro atoms. The van der Waals surface area contributed by atoms with E-state index in [0.29, 0.717) is 30.4 Å². The summed E-state index contributed by atoms with van der Waals surface area (Å²) in [5, 5.41) is 5.93. The van der Waals surface area contributed by atoms with E-state index in [1.165, 1.54) is 0 Å². The Bertz CT molecular complexity index is 771. The Morgan fingerprint density at radius 3 is 2.73 bits per heavy atom. The molecule has 26 heavy (non-hydrogen) atoms. The lowest BCUT2D eigenvalue weighted by Gasteiger charge is -2.13. The first-order valence-corrected chi connectivity index (χ1v) is 8.32. The largest absolute Gasteiger partial charge is 0.489 e. The lowest BCUT2D eigenvalue weighted by atomic mass is 10.2. The summed E-state index contributed by atoms with van der Waals surface area (Å²) in [6, 6.07) is 14.7. The lowest BCUT2D eigenvalue weighted by molar-refractivity contribution is -0.114. The monoisotopic (exact) mass is 352 g/mol. The molecule has 0 aliphatic rings. The van der Waals surface area contributed by atoms with E-state index in [1.54, 1.807) is 12.1 Å². The Morgan fingerprint density at radius 2 is 1.96 bits per heavy atom. The van der Waals surface area contributed by atoms with Gasteiger partial charge in [-0.25, -0.2) is 0 Å². The molecule has 0 saturated heterocycles. The SMILES string of the molecule is C=CCOc1cccc(NCC(=O)Nc2ccccc2OCC(=C)C)c1. The summed E-state index contributed by atoms with van der Waals surface area (Å²) >= 11 is 0. The topological polar surface area (TPSA) is 59.6 Å². The van der Waals surface area contributed by atoms with Gasteiger partial charge in [-0.3, -0.25) is 4.79 Å². The third-order valence-corrected chi connectivity index (χ3v) is 3.29. The Kier molecular flexibility index (Phi) is 7.31. The third kappa shape index (κ3) is 6.36. The van der Waals surface area contributed by atoms with Crippen molar-refractivity contribution in [2.75, 3.05) is 30.4 Å². The van der Waals surface area contributed by atoms with Gasteiger partial charge in [0.25, 0.3) is 0 Å². The maximum Gasteiger partial charge on any atom is 0.243 e. The average molecular weight is 352 g/mol. The Hall–Kier alpha value is -3.21. The maximum atomic E-state index is 12.2. The molecular weight excluding hydrogens is 328 g/mol. The highest BCUT2D eigenvalue weighted by Crippen LogP contribution is 2.24. The van der Waals surface area contributed by atoms with Gasteiger partial charge < -0.3 is 20.1 Å². The summed E-state index contributed by atoms with van der Waals surface area (Å²) in [6.07, 6.45) is 1.68. The molecule has 2 aromatic rings. The number of anilines is 2. The second-order valence-corrected chi connectivity index (χ2v) is 5.77. The number of hydrogen-bond acceptors (Lipinski definition) is 4. The first kappa shape index (κ1) is 19.1. The molecule has 1 amide bonds. The smallest absolute Gasteiger partial charge is 0.243 e. The van der Waals surface area contributed by atoms with Crippen molar-refractivity contribution >= 4 is 17.3 Å². The van der Waals surface area contributed by atoms with Crippen molar-refractivity contribution < 1.29 is 14.3 Å². The molecule has 0 heterocycles. The number of amides is 1. The van der Waals surface area contributed by atoms with E-state index in [4.69, 9.17) is 9.47 Å². The zero-order valence-corrected chi connectivity index (χ0v) is 15.0. The van der Waals surface area contributed by atoms with Crippen LogP contribution in [0.15, 0.2) is 73.3 Å². The van der Waals surface area contributed by atoms with Crippen LogP contribution in [0, 0.1) is 0 Å². The van der Waals surface area contributed by atoms with Crippen molar-refractivity contribution in [3.63, 3.8) is 0 Å². The van der Waals surface area contributed by atoms with Gasteiger partial charge in [-0.1, -0.05) is 37.4 Å². The van der Waals surface area contributed by atoms with Crippen molar-refractivity contribution in [2.24, 2.45) is 0 Å². The Balaban J connectivity index is 1.91. The van der Waals surface area contributed by atoms with Gasteiger partial charge in [0.05, 0.1) is 12.2 Å². The molecule has 0 radical (unpaired) electrons. The standard InChI is InChI=1S/C21H24N2O3/c1-4-12-25-18-9-7-8-17(13-18)22-14-21(24)23-19-10-5-6-11-20(19)26-15-16(2)3/h4-11,13,22H,1-2,12,14-15H2,3H3,(H,23,24). The zero-order valence-electron chi connectivity index (χ0n) is 15.0. The number of ether oxygens (including phenoxy) is 2. The minimum absolute atomic E-state index is 0.125. The molecule has 0 bridgehead atoms. The number of nitrogens with one attached hydrogen (secondary N) is 2. The minimum Gasteiger partial charge on any atom is -0.489 e. The van der Waals surface area contributed by atoms with E-state index in [2.05, 4.69) is 23.8 Å². The van der Waals surface area contributed by atoms with Crippen molar-refractivity contribution in [1.29, 1.82) is 0 Å². The fraction of sp³-hybridized carbons (Fsp3) is 0.190. The molecule has 2 aromatic carbocycles. The lowest BCUT2D eigenvalue weighted by Crippen LogP contribution is -2.22. The van der Waals surface area contributed by atoms with Crippen LogP contribution in [0.25, 0.3) is 0 Å². The number of carbonyl (C=O) groups is 1. The fourth-order valence-electron chi connectivity index (χ4n) is 2.12. The summed E-state index contributed by atoms with van der Waals surface area (Å²) in [4.78, 5) is 12.2. The van der Waals surface area contributed by atoms with Gasteiger partial charge in [0.15, 0.2) is 0 Å². The van der Waals surface area contributed by atoms with Crippen molar-refractivity contribution in [2.45, 2.75) is 6.92 Å². The molecule has 136 valence electrons. The fourth-order valence-corrected chi connectivity index (χ4v) is 2.12. The molecule has 0 atom stereocenters. The molecule has 0 saturated carbocycles. The van der Waals surface area contributed by atoms with Crippen LogP contribution < -0.4 is 20.1 Å². The Morgan fingerprint density at radius 1 is 1.15 bits per heavy atom. The van der Waals surface area contributed by atoms with E-state index in [1.807, 2.05) is 49.4 Å². The summed E-state index contributed by atoms with van der Waals surface area (Å²) < 4.78 is 11.1. The summed E-state index contributed by atoms with van der Waals surface area (Å²) in [5.74, 6) is 1.16. The highest BCUT2D eigenvalue weighted by Gasteiger charge is 2.08. The van der Waals surface area contributed by atoms with Gasteiger partial charge >= 0.3 is 0 Å². The van der Waals surface area contributed by atoms with Gasteiger partial charge in [0, 0.05) is 11.8 Å².